The first-order chi connectivity index (χ1) is 12.5. The summed E-state index contributed by atoms with van der Waals surface area (Å²) in [4.78, 5) is 26.2. The molecule has 0 fully saturated rings. The van der Waals surface area contributed by atoms with Gasteiger partial charge in [0.05, 0.1) is 25.3 Å². The van der Waals surface area contributed by atoms with E-state index in [1.807, 2.05) is 19.1 Å². The molecule has 8 nitrogen and oxygen atoms in total. The van der Waals surface area contributed by atoms with E-state index in [1.165, 1.54) is 21.3 Å². The van der Waals surface area contributed by atoms with Crippen molar-refractivity contribution in [2.45, 2.75) is 19.3 Å². The van der Waals surface area contributed by atoms with Crippen LogP contribution < -0.4 is 0 Å². The maximum atomic E-state index is 12.8. The molecule has 1 amide bonds. The van der Waals surface area contributed by atoms with Crippen molar-refractivity contribution in [1.29, 1.82) is 0 Å². The fraction of sp³-hybridized carbons (Fsp3) is 0.389. The van der Waals surface area contributed by atoms with Crippen LogP contribution in [-0.4, -0.2) is 61.1 Å². The smallest absolute Gasteiger partial charge is 0.337 e. The van der Waals surface area contributed by atoms with Gasteiger partial charge < -0.3 is 19.1 Å². The minimum Gasteiger partial charge on any atom is -0.465 e. The summed E-state index contributed by atoms with van der Waals surface area (Å²) in [7, 11) is 4.39. The van der Waals surface area contributed by atoms with Gasteiger partial charge in [-0.15, -0.1) is 0 Å². The number of benzene rings is 1. The number of rotatable bonds is 6. The molecule has 1 atom stereocenters. The molecule has 1 unspecified atom stereocenters. The number of nitrogens with zero attached hydrogens (tertiary/aromatic N) is 2. The highest BCUT2D eigenvalue weighted by Gasteiger charge is 2.42. The summed E-state index contributed by atoms with van der Waals surface area (Å²) in [5.74, 6) is -0.597. The average Bonchev–Trinajstić information content (AvgIpc) is 3.17. The van der Waals surface area contributed by atoms with E-state index in [-0.39, 0.29) is 18.5 Å². The van der Waals surface area contributed by atoms with Crippen LogP contribution >= 0.6 is 0 Å². The highest BCUT2D eigenvalue weighted by Crippen LogP contribution is 2.39. The molecule has 0 bridgehead atoms. The summed E-state index contributed by atoms with van der Waals surface area (Å²) < 4.78 is 15.3. The lowest BCUT2D eigenvalue weighted by Crippen LogP contribution is -2.38. The number of H-pyrrole nitrogens is 1. The molecular formula is C18H21N3O5. The van der Waals surface area contributed by atoms with Crippen molar-refractivity contribution in [3.63, 3.8) is 0 Å². The molecule has 138 valence electrons. The second-order valence-corrected chi connectivity index (χ2v) is 5.99. The van der Waals surface area contributed by atoms with Gasteiger partial charge in [0, 0.05) is 25.5 Å². The number of hydrogen-bond acceptors (Lipinski definition) is 6. The molecule has 3 rings (SSSR count). The van der Waals surface area contributed by atoms with Gasteiger partial charge in [-0.05, 0) is 24.6 Å². The molecule has 0 spiro atoms. The molecule has 1 N–H and O–H groups in total. The predicted molar refractivity (Wildman–Crippen MR) is 91.8 cm³/mol. The number of methoxy groups -OCH3 is 3. The zero-order valence-corrected chi connectivity index (χ0v) is 15.1. The molecule has 1 aliphatic heterocycles. The van der Waals surface area contributed by atoms with Gasteiger partial charge in [0.1, 0.15) is 0 Å². The van der Waals surface area contributed by atoms with Crippen molar-refractivity contribution in [3.8, 4) is 0 Å². The number of nitrogens with one attached hydrogen (secondary N) is 1. The number of hydrogen-bond donors (Lipinski definition) is 1. The van der Waals surface area contributed by atoms with Gasteiger partial charge in [0.2, 0.25) is 0 Å². The van der Waals surface area contributed by atoms with Crippen LogP contribution in [0.5, 0.6) is 0 Å². The lowest BCUT2D eigenvalue weighted by molar-refractivity contribution is -0.113. The number of amides is 1. The zero-order chi connectivity index (χ0) is 18.8. The summed E-state index contributed by atoms with van der Waals surface area (Å²) in [6.45, 7) is 2.13. The van der Waals surface area contributed by atoms with E-state index in [9.17, 15) is 9.59 Å². The Balaban J connectivity index is 2.00. The third-order valence-corrected chi connectivity index (χ3v) is 4.56. The number of carbonyl (C=O) groups excluding carboxylic acids is 2. The third kappa shape index (κ3) is 2.97. The van der Waals surface area contributed by atoms with Gasteiger partial charge in [0.15, 0.2) is 12.0 Å². The molecule has 2 heterocycles. The quantitative estimate of drug-likeness (QED) is 0.623. The fourth-order valence-corrected chi connectivity index (χ4v) is 3.20. The molecular weight excluding hydrogens is 338 g/mol. The maximum Gasteiger partial charge on any atom is 0.337 e. The van der Waals surface area contributed by atoms with Crippen molar-refractivity contribution in [2.24, 2.45) is 0 Å². The molecule has 8 heteroatoms. The van der Waals surface area contributed by atoms with E-state index in [4.69, 9.17) is 14.2 Å². The largest absolute Gasteiger partial charge is 0.465 e. The third-order valence-electron chi connectivity index (χ3n) is 4.56. The minimum absolute atomic E-state index is 0.189. The second kappa shape index (κ2) is 7.27. The number of fused-ring (bicyclic) bond motifs is 1. The zero-order valence-electron chi connectivity index (χ0n) is 15.1. The molecule has 1 aromatic carbocycles. The second-order valence-electron chi connectivity index (χ2n) is 5.99. The van der Waals surface area contributed by atoms with Crippen LogP contribution in [0.15, 0.2) is 24.3 Å². The van der Waals surface area contributed by atoms with Crippen LogP contribution in [0.3, 0.4) is 0 Å². The number of ether oxygens (including phenoxy) is 3. The van der Waals surface area contributed by atoms with Gasteiger partial charge in [-0.25, -0.2) is 4.79 Å². The standard InChI is InChI=1S/C18H21N3O5/c1-10-14-15(20-19-10)17(22)21(9-13(24-2)25-3)16(14)11-5-7-12(8-6-11)18(23)26-4/h5-8,13,16H,9H2,1-4H3,(H,19,20). The SMILES string of the molecule is COC(=O)c1ccc(C2c3c(n[nH]c3C)C(=O)N2CC(OC)OC)cc1. The maximum absolute atomic E-state index is 12.8. The van der Waals surface area contributed by atoms with E-state index < -0.39 is 12.3 Å². The number of aryl methyl sites for hydroxylation is 1. The van der Waals surface area contributed by atoms with E-state index in [0.717, 1.165) is 16.8 Å². The molecule has 1 aliphatic rings. The van der Waals surface area contributed by atoms with Gasteiger partial charge in [-0.3, -0.25) is 9.89 Å². The highest BCUT2D eigenvalue weighted by molar-refractivity contribution is 5.98. The van der Waals surface area contributed by atoms with Crippen LogP contribution in [0.1, 0.15) is 43.7 Å². The Kier molecular flexibility index (Phi) is 5.06. The van der Waals surface area contributed by atoms with E-state index in [2.05, 4.69) is 10.2 Å². The topological polar surface area (TPSA) is 93.8 Å². The van der Waals surface area contributed by atoms with Crippen LogP contribution in [0, 0.1) is 6.92 Å². The lowest BCUT2D eigenvalue weighted by atomic mass is 9.98. The molecule has 0 saturated heterocycles. The van der Waals surface area contributed by atoms with Crippen LogP contribution in [0.2, 0.25) is 0 Å². The first-order valence-electron chi connectivity index (χ1n) is 8.11. The van der Waals surface area contributed by atoms with Gasteiger partial charge in [0.25, 0.3) is 5.91 Å². The molecule has 1 aromatic heterocycles. The monoisotopic (exact) mass is 359 g/mol. The Morgan fingerprint density at radius 2 is 1.88 bits per heavy atom. The van der Waals surface area contributed by atoms with Gasteiger partial charge >= 0.3 is 5.97 Å². The Morgan fingerprint density at radius 1 is 1.23 bits per heavy atom. The Hall–Kier alpha value is -2.71. The summed E-state index contributed by atoms with van der Waals surface area (Å²) >= 11 is 0. The molecule has 26 heavy (non-hydrogen) atoms. The molecule has 0 radical (unpaired) electrons. The first kappa shape index (κ1) is 18.1. The minimum atomic E-state index is -0.552. The van der Waals surface area contributed by atoms with E-state index >= 15 is 0 Å². The van der Waals surface area contributed by atoms with Crippen molar-refractivity contribution in [2.75, 3.05) is 27.9 Å². The predicted octanol–water partition coefficient (Wildman–Crippen LogP) is 1.67. The van der Waals surface area contributed by atoms with Crippen LogP contribution in [-0.2, 0) is 14.2 Å². The van der Waals surface area contributed by atoms with Gasteiger partial charge in [-0.2, -0.15) is 5.10 Å². The van der Waals surface area contributed by atoms with Crippen LogP contribution in [0.4, 0.5) is 0 Å². The number of esters is 1. The lowest BCUT2D eigenvalue weighted by Gasteiger charge is -2.29. The summed E-state index contributed by atoms with van der Waals surface area (Å²) in [6.07, 6.45) is -0.552. The van der Waals surface area contributed by atoms with Crippen molar-refractivity contribution in [3.05, 3.63) is 52.3 Å². The number of carbonyl (C=O) groups is 2. The van der Waals surface area contributed by atoms with Gasteiger partial charge in [-0.1, -0.05) is 12.1 Å². The average molecular weight is 359 g/mol. The van der Waals surface area contributed by atoms with Crippen LogP contribution in [0.25, 0.3) is 0 Å². The Morgan fingerprint density at radius 3 is 2.46 bits per heavy atom. The van der Waals surface area contributed by atoms with Crippen molar-refractivity contribution >= 4 is 11.9 Å². The number of aromatic nitrogens is 2. The van der Waals surface area contributed by atoms with Crippen molar-refractivity contribution < 1.29 is 23.8 Å². The fourth-order valence-electron chi connectivity index (χ4n) is 3.20. The number of aromatic amines is 1. The molecule has 2 aromatic rings. The molecule has 0 saturated carbocycles. The normalized spacial score (nSPS) is 16.3. The molecule has 0 aliphatic carbocycles. The summed E-state index contributed by atoms with van der Waals surface area (Å²) in [6, 6.07) is 6.65. The van der Waals surface area contributed by atoms with Crippen molar-refractivity contribution in [1.82, 2.24) is 15.1 Å². The first-order valence-corrected chi connectivity index (χ1v) is 8.11. The summed E-state index contributed by atoms with van der Waals surface area (Å²) in [5, 5.41) is 7.03. The summed E-state index contributed by atoms with van der Waals surface area (Å²) in [5.41, 5.74) is 3.36. The Bertz CT molecular complexity index is 811. The van der Waals surface area contributed by atoms with E-state index in [0.29, 0.717) is 11.3 Å². The Labute approximate surface area is 151 Å². The highest BCUT2D eigenvalue weighted by atomic mass is 16.7. The van der Waals surface area contributed by atoms with E-state index in [1.54, 1.807) is 17.0 Å².